The fourth-order valence-corrected chi connectivity index (χ4v) is 4.55. The molecule has 31 heavy (non-hydrogen) atoms. The second-order valence-corrected chi connectivity index (χ2v) is 8.48. The zero-order valence-corrected chi connectivity index (χ0v) is 17.3. The van der Waals surface area contributed by atoms with Crippen LogP contribution in [0.5, 0.6) is 5.75 Å². The van der Waals surface area contributed by atoms with Crippen molar-refractivity contribution in [2.75, 3.05) is 13.2 Å². The van der Waals surface area contributed by atoms with Crippen molar-refractivity contribution in [3.8, 4) is 5.75 Å². The molecule has 8 heteroatoms. The van der Waals surface area contributed by atoms with Gasteiger partial charge in [0, 0.05) is 31.4 Å². The predicted octanol–water partition coefficient (Wildman–Crippen LogP) is 3.31. The Morgan fingerprint density at radius 2 is 2.10 bits per heavy atom. The number of carboxylic acids is 1. The van der Waals surface area contributed by atoms with Gasteiger partial charge in [0.1, 0.15) is 18.5 Å². The second-order valence-electron chi connectivity index (χ2n) is 8.48. The summed E-state index contributed by atoms with van der Waals surface area (Å²) in [5.74, 6) is -2.34. The molecule has 3 rings (SSSR count). The molecule has 6 atom stereocenters. The molecule has 0 bridgehead atoms. The van der Waals surface area contributed by atoms with E-state index in [4.69, 9.17) is 14.6 Å². The maximum Gasteiger partial charge on any atom is 0.303 e. The summed E-state index contributed by atoms with van der Waals surface area (Å²) < 4.78 is 37.5. The van der Waals surface area contributed by atoms with Crippen molar-refractivity contribution < 1.29 is 38.4 Å². The summed E-state index contributed by atoms with van der Waals surface area (Å²) in [5.41, 5.74) is 0. The fraction of sp³-hybridized carbons (Fsp3) is 0.609. The van der Waals surface area contributed by atoms with Crippen molar-refractivity contribution in [3.63, 3.8) is 0 Å². The topological polar surface area (TPSA) is 96.2 Å². The van der Waals surface area contributed by atoms with Crippen LogP contribution in [0.15, 0.2) is 30.4 Å². The standard InChI is InChI=1S/C23H30F2O6/c24-19-9-6-16(10-20(19)25)30-13-15(26)5-8-17-18-7-4-14(2-1-3-23(28)29)12-31-22(18)11-21(17)27/h5-6,8-10,14-15,17-18,21-22,26-27H,1-4,7,11-13H2,(H,28,29)/b8-5+/t14-,15+,17+,18+,21+,22-/m0/s1. The Morgan fingerprint density at radius 1 is 1.29 bits per heavy atom. The molecule has 0 amide bonds. The maximum atomic E-state index is 13.2. The molecule has 1 saturated carbocycles. The van der Waals surface area contributed by atoms with E-state index in [9.17, 15) is 23.8 Å². The maximum absolute atomic E-state index is 13.2. The Hall–Kier alpha value is -2.03. The Bertz CT molecular complexity index is 770. The van der Waals surface area contributed by atoms with E-state index < -0.39 is 29.8 Å². The minimum Gasteiger partial charge on any atom is -0.490 e. The van der Waals surface area contributed by atoms with Gasteiger partial charge in [-0.1, -0.05) is 12.2 Å². The molecule has 172 valence electrons. The van der Waals surface area contributed by atoms with Gasteiger partial charge in [-0.05, 0) is 49.7 Å². The van der Waals surface area contributed by atoms with Crippen LogP contribution in [0, 0.1) is 29.4 Å². The van der Waals surface area contributed by atoms with E-state index in [2.05, 4.69) is 0 Å². The summed E-state index contributed by atoms with van der Waals surface area (Å²) in [6.45, 7) is 0.454. The number of rotatable bonds is 9. The van der Waals surface area contributed by atoms with Gasteiger partial charge in [-0.2, -0.15) is 0 Å². The van der Waals surface area contributed by atoms with Gasteiger partial charge in [-0.15, -0.1) is 0 Å². The summed E-state index contributed by atoms with van der Waals surface area (Å²) in [6, 6.07) is 3.17. The van der Waals surface area contributed by atoms with E-state index in [1.165, 1.54) is 6.07 Å². The molecule has 6 nitrogen and oxygen atoms in total. The van der Waals surface area contributed by atoms with Crippen LogP contribution in [0.2, 0.25) is 0 Å². The van der Waals surface area contributed by atoms with Crippen LogP contribution in [0.1, 0.15) is 38.5 Å². The molecule has 3 N–H and O–H groups in total. The lowest BCUT2D eigenvalue weighted by molar-refractivity contribution is -0.137. The SMILES string of the molecule is O=C(O)CCC[C@H]1CC[C@@H]2[C@@H](/C=C/[C@@H](O)COc3ccc(F)c(F)c3)[C@H](O)C[C@@H]2OC1. The van der Waals surface area contributed by atoms with E-state index in [0.717, 1.165) is 31.4 Å². The molecule has 0 unspecified atom stereocenters. The minimum atomic E-state index is -1.02. The number of ether oxygens (including phenoxy) is 2. The molecule has 1 aliphatic heterocycles. The van der Waals surface area contributed by atoms with Crippen molar-refractivity contribution in [1.29, 1.82) is 0 Å². The summed E-state index contributed by atoms with van der Waals surface area (Å²) >= 11 is 0. The first kappa shape index (κ1) is 23.6. The van der Waals surface area contributed by atoms with Crippen molar-refractivity contribution in [2.24, 2.45) is 17.8 Å². The van der Waals surface area contributed by atoms with E-state index in [1.807, 2.05) is 0 Å². The van der Waals surface area contributed by atoms with Crippen molar-refractivity contribution in [3.05, 3.63) is 42.0 Å². The number of hydrogen-bond acceptors (Lipinski definition) is 5. The quantitative estimate of drug-likeness (QED) is 0.510. The number of aliphatic hydroxyl groups is 2. The number of carboxylic acid groups (broad SMARTS) is 1. The lowest BCUT2D eigenvalue weighted by Gasteiger charge is -2.21. The molecule has 1 saturated heterocycles. The lowest BCUT2D eigenvalue weighted by Crippen LogP contribution is -2.22. The second kappa shape index (κ2) is 11.0. The molecule has 0 spiro atoms. The number of hydrogen-bond donors (Lipinski definition) is 3. The van der Waals surface area contributed by atoms with Crippen LogP contribution in [0.25, 0.3) is 0 Å². The van der Waals surface area contributed by atoms with Gasteiger partial charge in [0.05, 0.1) is 12.2 Å². The molecule has 2 aliphatic rings. The zero-order chi connectivity index (χ0) is 22.4. The fourth-order valence-electron chi connectivity index (χ4n) is 4.55. The molecule has 1 aromatic rings. The Kier molecular flexibility index (Phi) is 8.40. The minimum absolute atomic E-state index is 0.0512. The van der Waals surface area contributed by atoms with E-state index in [0.29, 0.717) is 25.4 Å². The molecule has 0 radical (unpaired) electrons. The largest absolute Gasteiger partial charge is 0.490 e. The molecular formula is C23H30F2O6. The molecule has 1 aromatic carbocycles. The highest BCUT2D eigenvalue weighted by Gasteiger charge is 2.43. The number of halogens is 2. The van der Waals surface area contributed by atoms with Gasteiger partial charge in [0.25, 0.3) is 0 Å². The zero-order valence-electron chi connectivity index (χ0n) is 17.3. The lowest BCUT2D eigenvalue weighted by atomic mass is 9.86. The van der Waals surface area contributed by atoms with E-state index >= 15 is 0 Å². The smallest absolute Gasteiger partial charge is 0.303 e. The summed E-state index contributed by atoms with van der Waals surface area (Å²) in [7, 11) is 0. The summed E-state index contributed by atoms with van der Waals surface area (Å²) in [5, 5.41) is 29.4. The van der Waals surface area contributed by atoms with Crippen LogP contribution in [0.4, 0.5) is 8.78 Å². The van der Waals surface area contributed by atoms with Crippen LogP contribution < -0.4 is 4.74 Å². The average molecular weight is 440 g/mol. The van der Waals surface area contributed by atoms with Gasteiger partial charge in [-0.25, -0.2) is 8.78 Å². The average Bonchev–Trinajstić information content (AvgIpc) is 2.89. The van der Waals surface area contributed by atoms with Crippen molar-refractivity contribution >= 4 is 5.97 Å². The van der Waals surface area contributed by atoms with E-state index in [1.54, 1.807) is 12.2 Å². The van der Waals surface area contributed by atoms with Crippen LogP contribution in [-0.4, -0.2) is 52.8 Å². The first-order valence-corrected chi connectivity index (χ1v) is 10.8. The van der Waals surface area contributed by atoms with Gasteiger partial charge in [-0.3, -0.25) is 4.79 Å². The third kappa shape index (κ3) is 6.72. The Labute approximate surface area is 180 Å². The highest BCUT2D eigenvalue weighted by atomic mass is 19.2. The monoisotopic (exact) mass is 440 g/mol. The van der Waals surface area contributed by atoms with Gasteiger partial charge in [0.15, 0.2) is 11.6 Å². The molecule has 1 heterocycles. The van der Waals surface area contributed by atoms with Crippen LogP contribution >= 0.6 is 0 Å². The number of aliphatic carboxylic acids is 1. The van der Waals surface area contributed by atoms with Gasteiger partial charge < -0.3 is 24.8 Å². The first-order chi connectivity index (χ1) is 14.8. The van der Waals surface area contributed by atoms with Gasteiger partial charge >= 0.3 is 5.97 Å². The van der Waals surface area contributed by atoms with Crippen LogP contribution in [0.3, 0.4) is 0 Å². The molecule has 1 aliphatic carbocycles. The van der Waals surface area contributed by atoms with E-state index in [-0.39, 0.29) is 36.7 Å². The summed E-state index contributed by atoms with van der Waals surface area (Å²) in [6.07, 6.45) is 5.71. The number of aliphatic hydroxyl groups excluding tert-OH is 2. The van der Waals surface area contributed by atoms with Crippen molar-refractivity contribution in [2.45, 2.75) is 56.8 Å². The normalized spacial score (nSPS) is 29.5. The third-order valence-electron chi connectivity index (χ3n) is 6.21. The van der Waals surface area contributed by atoms with Crippen LogP contribution in [-0.2, 0) is 9.53 Å². The number of benzene rings is 1. The first-order valence-electron chi connectivity index (χ1n) is 10.8. The molecular weight excluding hydrogens is 410 g/mol. The highest BCUT2D eigenvalue weighted by molar-refractivity contribution is 5.66. The molecule has 2 fully saturated rings. The Balaban J connectivity index is 1.50. The number of carbonyl (C=O) groups is 1. The number of fused-ring (bicyclic) bond motifs is 1. The van der Waals surface area contributed by atoms with Gasteiger partial charge in [0.2, 0.25) is 0 Å². The summed E-state index contributed by atoms with van der Waals surface area (Å²) in [4.78, 5) is 10.7. The predicted molar refractivity (Wildman–Crippen MR) is 109 cm³/mol. The third-order valence-corrected chi connectivity index (χ3v) is 6.21. The Morgan fingerprint density at radius 3 is 2.84 bits per heavy atom. The molecule has 0 aromatic heterocycles. The highest BCUT2D eigenvalue weighted by Crippen LogP contribution is 2.42. The van der Waals surface area contributed by atoms with Crippen molar-refractivity contribution in [1.82, 2.24) is 0 Å².